The predicted molar refractivity (Wildman–Crippen MR) is 100 cm³/mol. The molecule has 2 amide bonds. The van der Waals surface area contributed by atoms with Gasteiger partial charge in [-0.15, -0.1) is 0 Å². The van der Waals surface area contributed by atoms with Gasteiger partial charge in [0.2, 0.25) is 17.6 Å². The molecule has 2 aliphatic rings. The fourth-order valence-electron chi connectivity index (χ4n) is 4.23. The summed E-state index contributed by atoms with van der Waals surface area (Å²) >= 11 is 0. The van der Waals surface area contributed by atoms with Crippen LogP contribution in [0.5, 0.6) is 0 Å². The zero-order valence-electron chi connectivity index (χ0n) is 15.1. The standard InChI is InChI=1S/C21H23N3O3/c22-20(26)15-8-11-23(12-9-15)21(27)16-10-13-24-17(16)6-7-18(24)19(25)14-4-2-1-3-5-14/h1-7,15-16H,8-13H2,(H2,22,26). The highest BCUT2D eigenvalue weighted by molar-refractivity contribution is 6.08. The van der Waals surface area contributed by atoms with E-state index in [1.807, 2.05) is 51.9 Å². The van der Waals surface area contributed by atoms with Crippen molar-refractivity contribution in [2.24, 2.45) is 11.7 Å². The number of nitrogens with two attached hydrogens (primary N) is 1. The highest BCUT2D eigenvalue weighted by Gasteiger charge is 2.36. The number of carbonyl (C=O) groups is 3. The molecule has 0 radical (unpaired) electrons. The molecular weight excluding hydrogens is 342 g/mol. The summed E-state index contributed by atoms with van der Waals surface area (Å²) < 4.78 is 1.98. The molecule has 1 fully saturated rings. The molecule has 2 N–H and O–H groups in total. The van der Waals surface area contributed by atoms with Gasteiger partial charge in [0.05, 0.1) is 11.6 Å². The Morgan fingerprint density at radius 1 is 0.889 bits per heavy atom. The van der Waals surface area contributed by atoms with E-state index in [4.69, 9.17) is 5.73 Å². The quantitative estimate of drug-likeness (QED) is 0.840. The lowest BCUT2D eigenvalue weighted by molar-refractivity contribution is -0.136. The van der Waals surface area contributed by atoms with Gasteiger partial charge in [0.1, 0.15) is 0 Å². The molecule has 1 unspecified atom stereocenters. The SMILES string of the molecule is NC(=O)C1CCN(C(=O)C2CCn3c(C(=O)c4ccccc4)ccc32)CC1. The maximum Gasteiger partial charge on any atom is 0.231 e. The van der Waals surface area contributed by atoms with Crippen LogP contribution in [-0.4, -0.2) is 40.2 Å². The molecule has 2 aliphatic heterocycles. The third-order valence-electron chi connectivity index (χ3n) is 5.79. The second kappa shape index (κ2) is 7.02. The van der Waals surface area contributed by atoms with Gasteiger partial charge >= 0.3 is 0 Å². The normalized spacial score (nSPS) is 19.7. The summed E-state index contributed by atoms with van der Waals surface area (Å²) in [5.41, 5.74) is 7.58. The molecule has 1 saturated heterocycles. The van der Waals surface area contributed by atoms with Gasteiger partial charge in [-0.25, -0.2) is 0 Å². The van der Waals surface area contributed by atoms with Crippen molar-refractivity contribution >= 4 is 17.6 Å². The van der Waals surface area contributed by atoms with Gasteiger partial charge in [-0.2, -0.15) is 0 Å². The number of nitrogens with zero attached hydrogens (tertiary/aromatic N) is 2. The number of benzene rings is 1. The first kappa shape index (κ1) is 17.5. The largest absolute Gasteiger partial charge is 0.369 e. The lowest BCUT2D eigenvalue weighted by atomic mass is 9.94. The van der Waals surface area contributed by atoms with Gasteiger partial charge < -0.3 is 15.2 Å². The Morgan fingerprint density at radius 2 is 1.59 bits per heavy atom. The second-order valence-corrected chi connectivity index (χ2v) is 7.33. The molecule has 0 bridgehead atoms. The number of likely N-dealkylation sites (tertiary alicyclic amines) is 1. The summed E-state index contributed by atoms with van der Waals surface area (Å²) in [7, 11) is 0. The van der Waals surface area contributed by atoms with E-state index in [-0.39, 0.29) is 29.4 Å². The summed E-state index contributed by atoms with van der Waals surface area (Å²) in [6.07, 6.45) is 1.97. The number of primary amides is 1. The smallest absolute Gasteiger partial charge is 0.231 e. The van der Waals surface area contributed by atoms with E-state index in [1.165, 1.54) is 0 Å². The van der Waals surface area contributed by atoms with Gasteiger partial charge in [-0.05, 0) is 31.4 Å². The average Bonchev–Trinajstić information content (AvgIpc) is 3.30. The van der Waals surface area contributed by atoms with Crippen LogP contribution in [0.4, 0.5) is 0 Å². The van der Waals surface area contributed by atoms with Gasteiger partial charge in [0.25, 0.3) is 0 Å². The Labute approximate surface area is 157 Å². The molecule has 0 saturated carbocycles. The molecule has 3 heterocycles. The Bertz CT molecular complexity index is 879. The molecular formula is C21H23N3O3. The number of rotatable bonds is 4. The van der Waals surface area contributed by atoms with Crippen LogP contribution >= 0.6 is 0 Å². The first-order chi connectivity index (χ1) is 13.1. The van der Waals surface area contributed by atoms with E-state index >= 15 is 0 Å². The fraction of sp³-hybridized carbons (Fsp3) is 0.381. The number of hydrogen-bond acceptors (Lipinski definition) is 3. The predicted octanol–water partition coefficient (Wildman–Crippen LogP) is 1.93. The van der Waals surface area contributed by atoms with E-state index in [0.717, 1.165) is 5.69 Å². The van der Waals surface area contributed by atoms with Gasteiger partial charge in [0.15, 0.2) is 0 Å². The molecule has 6 nitrogen and oxygen atoms in total. The number of fused-ring (bicyclic) bond motifs is 1. The topological polar surface area (TPSA) is 85.4 Å². The average molecular weight is 365 g/mol. The Balaban J connectivity index is 1.50. The van der Waals surface area contributed by atoms with Crippen LogP contribution in [-0.2, 0) is 16.1 Å². The molecule has 1 atom stereocenters. The van der Waals surface area contributed by atoms with Gasteiger partial charge in [-0.1, -0.05) is 30.3 Å². The van der Waals surface area contributed by atoms with Crippen LogP contribution in [0, 0.1) is 5.92 Å². The molecule has 0 spiro atoms. The van der Waals surface area contributed by atoms with Crippen LogP contribution in [0.3, 0.4) is 0 Å². The van der Waals surface area contributed by atoms with Crippen molar-refractivity contribution in [3.05, 3.63) is 59.4 Å². The number of amides is 2. The first-order valence-corrected chi connectivity index (χ1v) is 9.43. The fourth-order valence-corrected chi connectivity index (χ4v) is 4.23. The van der Waals surface area contributed by atoms with Crippen LogP contribution in [0.1, 0.15) is 46.9 Å². The van der Waals surface area contributed by atoms with Crippen LogP contribution in [0.15, 0.2) is 42.5 Å². The van der Waals surface area contributed by atoms with Crippen LogP contribution in [0.25, 0.3) is 0 Å². The van der Waals surface area contributed by atoms with Crippen molar-refractivity contribution in [2.75, 3.05) is 13.1 Å². The zero-order valence-corrected chi connectivity index (χ0v) is 15.1. The molecule has 1 aromatic heterocycles. The lowest BCUT2D eigenvalue weighted by Gasteiger charge is -2.32. The highest BCUT2D eigenvalue weighted by atomic mass is 16.2. The third kappa shape index (κ3) is 3.16. The van der Waals surface area contributed by atoms with Crippen LogP contribution < -0.4 is 5.73 Å². The van der Waals surface area contributed by atoms with Gasteiger partial charge in [0, 0.05) is 36.8 Å². The molecule has 27 heavy (non-hydrogen) atoms. The summed E-state index contributed by atoms with van der Waals surface area (Å²) in [5.74, 6) is -0.546. The molecule has 0 aliphatic carbocycles. The maximum absolute atomic E-state index is 13.0. The molecule has 4 rings (SSSR count). The number of aromatic nitrogens is 1. The summed E-state index contributed by atoms with van der Waals surface area (Å²) in [5, 5.41) is 0. The van der Waals surface area contributed by atoms with E-state index in [1.54, 1.807) is 0 Å². The molecule has 6 heteroatoms. The highest BCUT2D eigenvalue weighted by Crippen LogP contribution is 2.34. The third-order valence-corrected chi connectivity index (χ3v) is 5.79. The zero-order chi connectivity index (χ0) is 19.0. The van der Waals surface area contributed by atoms with Crippen LogP contribution in [0.2, 0.25) is 0 Å². The van der Waals surface area contributed by atoms with E-state index in [9.17, 15) is 14.4 Å². The van der Waals surface area contributed by atoms with Crippen molar-refractivity contribution < 1.29 is 14.4 Å². The van der Waals surface area contributed by atoms with E-state index < -0.39 is 0 Å². The Morgan fingerprint density at radius 3 is 2.26 bits per heavy atom. The van der Waals surface area contributed by atoms with E-state index in [0.29, 0.717) is 50.2 Å². The van der Waals surface area contributed by atoms with Gasteiger partial charge in [-0.3, -0.25) is 14.4 Å². The minimum absolute atomic E-state index is 0.0165. The summed E-state index contributed by atoms with van der Waals surface area (Å²) in [4.78, 5) is 38.9. The minimum Gasteiger partial charge on any atom is -0.369 e. The van der Waals surface area contributed by atoms with Crippen molar-refractivity contribution in [3.8, 4) is 0 Å². The summed E-state index contributed by atoms with van der Waals surface area (Å²) in [6.45, 7) is 1.81. The lowest BCUT2D eigenvalue weighted by Crippen LogP contribution is -2.43. The first-order valence-electron chi connectivity index (χ1n) is 9.43. The number of hydrogen-bond donors (Lipinski definition) is 1. The van der Waals surface area contributed by atoms with Crippen molar-refractivity contribution in [1.82, 2.24) is 9.47 Å². The summed E-state index contributed by atoms with van der Waals surface area (Å²) in [6, 6.07) is 12.9. The molecule has 2 aromatic rings. The number of piperidine rings is 1. The minimum atomic E-state index is -0.277. The number of carbonyl (C=O) groups excluding carboxylic acids is 3. The second-order valence-electron chi connectivity index (χ2n) is 7.33. The van der Waals surface area contributed by atoms with Crippen molar-refractivity contribution in [1.29, 1.82) is 0 Å². The Kier molecular flexibility index (Phi) is 4.56. The Hall–Kier alpha value is -2.89. The number of ketones is 1. The van der Waals surface area contributed by atoms with E-state index in [2.05, 4.69) is 0 Å². The molecule has 1 aromatic carbocycles. The monoisotopic (exact) mass is 365 g/mol. The van der Waals surface area contributed by atoms with Crippen molar-refractivity contribution in [2.45, 2.75) is 31.7 Å². The maximum atomic E-state index is 13.0. The molecule has 140 valence electrons. The van der Waals surface area contributed by atoms with Crippen molar-refractivity contribution in [3.63, 3.8) is 0 Å².